The molecule has 0 saturated carbocycles. The van der Waals surface area contributed by atoms with Crippen molar-refractivity contribution < 1.29 is 19.0 Å². The van der Waals surface area contributed by atoms with Crippen LogP contribution < -0.4 is 9.47 Å². The van der Waals surface area contributed by atoms with Crippen LogP contribution >= 0.6 is 23.2 Å². The zero-order valence-electron chi connectivity index (χ0n) is 11.9. The van der Waals surface area contributed by atoms with E-state index in [1.165, 1.54) is 19.4 Å². The first-order chi connectivity index (χ1) is 10.5. The molecule has 2 rings (SSSR count). The van der Waals surface area contributed by atoms with Crippen molar-refractivity contribution >= 4 is 29.2 Å². The molecule has 116 valence electrons. The fraction of sp³-hybridized carbons (Fsp3) is 0.200. The molecule has 1 aromatic heterocycles. The summed E-state index contributed by atoms with van der Waals surface area (Å²) in [7, 11) is 3.09. The Labute approximate surface area is 137 Å². The molecule has 0 aliphatic carbocycles. The standard InChI is InChI=1S/C15H13Cl2NO4/c1-20-11-3-4-13(21-2)10(5-11)8-22-15(19)9-6-12(16)14(17)18-7-9/h3-7H,8H2,1-2H3. The molecule has 0 unspecified atom stereocenters. The normalized spacial score (nSPS) is 10.2. The van der Waals surface area contributed by atoms with E-state index in [1.807, 2.05) is 0 Å². The molecule has 0 bridgehead atoms. The van der Waals surface area contributed by atoms with Crippen LogP contribution in [0.2, 0.25) is 10.2 Å². The number of ether oxygens (including phenoxy) is 3. The summed E-state index contributed by atoms with van der Waals surface area (Å²) in [6.45, 7) is 0.0272. The minimum Gasteiger partial charge on any atom is -0.497 e. The Kier molecular flexibility index (Phi) is 5.46. The monoisotopic (exact) mass is 341 g/mol. The zero-order chi connectivity index (χ0) is 16.1. The van der Waals surface area contributed by atoms with Crippen LogP contribution in [0.15, 0.2) is 30.5 Å². The maximum atomic E-state index is 12.0. The Morgan fingerprint density at radius 3 is 2.59 bits per heavy atom. The van der Waals surface area contributed by atoms with Crippen LogP contribution in [-0.2, 0) is 11.3 Å². The third-order valence-electron chi connectivity index (χ3n) is 2.88. The Morgan fingerprint density at radius 2 is 1.95 bits per heavy atom. The molecule has 0 amide bonds. The molecular formula is C15H13Cl2NO4. The van der Waals surface area contributed by atoms with Crippen LogP contribution in [0.5, 0.6) is 11.5 Å². The predicted octanol–water partition coefficient (Wildman–Crippen LogP) is 3.76. The summed E-state index contributed by atoms with van der Waals surface area (Å²) < 4.78 is 15.6. The highest BCUT2D eigenvalue weighted by Gasteiger charge is 2.13. The fourth-order valence-electron chi connectivity index (χ4n) is 1.75. The maximum Gasteiger partial charge on any atom is 0.340 e. The summed E-state index contributed by atoms with van der Waals surface area (Å²) in [4.78, 5) is 15.8. The summed E-state index contributed by atoms with van der Waals surface area (Å²) >= 11 is 11.5. The highest BCUT2D eigenvalue weighted by atomic mass is 35.5. The second-order valence-corrected chi connectivity index (χ2v) is 5.02. The van der Waals surface area contributed by atoms with Crippen molar-refractivity contribution in [1.29, 1.82) is 0 Å². The largest absolute Gasteiger partial charge is 0.497 e. The molecule has 0 N–H and O–H groups in total. The molecule has 0 saturated heterocycles. The number of carbonyl (C=O) groups excluding carboxylic acids is 1. The Balaban J connectivity index is 2.11. The minimum atomic E-state index is -0.559. The van der Waals surface area contributed by atoms with Gasteiger partial charge >= 0.3 is 5.97 Å². The molecule has 0 radical (unpaired) electrons. The quantitative estimate of drug-likeness (QED) is 0.612. The van der Waals surface area contributed by atoms with E-state index < -0.39 is 5.97 Å². The van der Waals surface area contributed by atoms with Crippen molar-refractivity contribution in [3.05, 3.63) is 51.8 Å². The van der Waals surface area contributed by atoms with Crippen LogP contribution in [0.4, 0.5) is 0 Å². The van der Waals surface area contributed by atoms with E-state index in [2.05, 4.69) is 4.98 Å². The van der Waals surface area contributed by atoms with Crippen LogP contribution in [0.3, 0.4) is 0 Å². The highest BCUT2D eigenvalue weighted by molar-refractivity contribution is 6.41. The van der Waals surface area contributed by atoms with Gasteiger partial charge in [-0.1, -0.05) is 23.2 Å². The van der Waals surface area contributed by atoms with Gasteiger partial charge in [-0.25, -0.2) is 9.78 Å². The molecule has 0 aliphatic heterocycles. The van der Waals surface area contributed by atoms with Gasteiger partial charge in [0.2, 0.25) is 0 Å². The number of esters is 1. The lowest BCUT2D eigenvalue weighted by Gasteiger charge is -2.11. The van der Waals surface area contributed by atoms with Gasteiger partial charge in [-0.15, -0.1) is 0 Å². The number of hydrogen-bond acceptors (Lipinski definition) is 5. The fourth-order valence-corrected chi connectivity index (χ4v) is 2.02. The number of methoxy groups -OCH3 is 2. The molecule has 1 aromatic carbocycles. The van der Waals surface area contributed by atoms with Gasteiger partial charge in [0.05, 0.1) is 24.8 Å². The highest BCUT2D eigenvalue weighted by Crippen LogP contribution is 2.25. The lowest BCUT2D eigenvalue weighted by atomic mass is 10.2. The summed E-state index contributed by atoms with van der Waals surface area (Å²) in [6.07, 6.45) is 1.30. The lowest BCUT2D eigenvalue weighted by Crippen LogP contribution is -2.07. The van der Waals surface area contributed by atoms with Crippen LogP contribution in [-0.4, -0.2) is 25.2 Å². The first-order valence-corrected chi connectivity index (χ1v) is 6.99. The Bertz CT molecular complexity index is 691. The van der Waals surface area contributed by atoms with Gasteiger partial charge in [0, 0.05) is 11.8 Å². The average molecular weight is 342 g/mol. The lowest BCUT2D eigenvalue weighted by molar-refractivity contribution is 0.0469. The van der Waals surface area contributed by atoms with Crippen molar-refractivity contribution in [3.63, 3.8) is 0 Å². The number of hydrogen-bond donors (Lipinski definition) is 0. The van der Waals surface area contributed by atoms with E-state index in [9.17, 15) is 4.79 Å². The molecule has 0 spiro atoms. The SMILES string of the molecule is COc1ccc(OC)c(COC(=O)c2cnc(Cl)c(Cl)c2)c1. The molecule has 2 aromatic rings. The Morgan fingerprint density at radius 1 is 1.18 bits per heavy atom. The third-order valence-corrected chi connectivity index (χ3v) is 3.56. The second-order valence-electron chi connectivity index (χ2n) is 4.25. The summed E-state index contributed by atoms with van der Waals surface area (Å²) in [5.74, 6) is 0.680. The van der Waals surface area contributed by atoms with E-state index >= 15 is 0 Å². The van der Waals surface area contributed by atoms with Crippen molar-refractivity contribution in [3.8, 4) is 11.5 Å². The molecule has 5 nitrogen and oxygen atoms in total. The molecule has 1 heterocycles. The topological polar surface area (TPSA) is 57.7 Å². The first-order valence-electron chi connectivity index (χ1n) is 6.24. The number of nitrogens with zero attached hydrogens (tertiary/aromatic N) is 1. The smallest absolute Gasteiger partial charge is 0.340 e. The summed E-state index contributed by atoms with van der Waals surface area (Å²) in [5, 5.41) is 0.322. The average Bonchev–Trinajstić information content (AvgIpc) is 2.54. The van der Waals surface area contributed by atoms with Crippen molar-refractivity contribution in [1.82, 2.24) is 4.98 Å². The molecule has 22 heavy (non-hydrogen) atoms. The van der Waals surface area contributed by atoms with Gasteiger partial charge in [0.25, 0.3) is 0 Å². The van der Waals surface area contributed by atoms with Crippen LogP contribution in [0.1, 0.15) is 15.9 Å². The van der Waals surface area contributed by atoms with Gasteiger partial charge in [-0.2, -0.15) is 0 Å². The zero-order valence-corrected chi connectivity index (χ0v) is 13.4. The van der Waals surface area contributed by atoms with E-state index in [4.69, 9.17) is 37.4 Å². The first kappa shape index (κ1) is 16.4. The van der Waals surface area contributed by atoms with Crippen molar-refractivity contribution in [2.75, 3.05) is 14.2 Å². The number of benzene rings is 1. The minimum absolute atomic E-state index is 0.0272. The molecule has 7 heteroatoms. The van der Waals surface area contributed by atoms with E-state index in [1.54, 1.807) is 25.3 Å². The van der Waals surface area contributed by atoms with Gasteiger partial charge in [-0.3, -0.25) is 0 Å². The number of rotatable bonds is 5. The number of pyridine rings is 1. The molecule has 0 fully saturated rings. The van der Waals surface area contributed by atoms with Crippen molar-refractivity contribution in [2.45, 2.75) is 6.61 Å². The van der Waals surface area contributed by atoms with Crippen LogP contribution in [0.25, 0.3) is 0 Å². The summed E-state index contributed by atoms with van der Waals surface area (Å²) in [5.41, 5.74) is 0.902. The number of halogens is 2. The Hall–Kier alpha value is -1.98. The molecular weight excluding hydrogens is 329 g/mol. The van der Waals surface area contributed by atoms with E-state index in [0.29, 0.717) is 17.1 Å². The van der Waals surface area contributed by atoms with Gasteiger partial charge in [0.15, 0.2) is 0 Å². The molecule has 0 atom stereocenters. The van der Waals surface area contributed by atoms with E-state index in [0.717, 1.165) is 0 Å². The molecule has 0 aliphatic rings. The van der Waals surface area contributed by atoms with Crippen LogP contribution in [0, 0.1) is 0 Å². The second kappa shape index (κ2) is 7.33. The predicted molar refractivity (Wildman–Crippen MR) is 82.9 cm³/mol. The number of carbonyl (C=O) groups is 1. The van der Waals surface area contributed by atoms with Gasteiger partial charge < -0.3 is 14.2 Å². The maximum absolute atomic E-state index is 12.0. The van der Waals surface area contributed by atoms with Gasteiger partial charge in [-0.05, 0) is 24.3 Å². The van der Waals surface area contributed by atoms with Gasteiger partial charge in [0.1, 0.15) is 23.3 Å². The number of aromatic nitrogens is 1. The third kappa shape index (κ3) is 3.81. The van der Waals surface area contributed by atoms with E-state index in [-0.39, 0.29) is 22.3 Å². The summed E-state index contributed by atoms with van der Waals surface area (Å²) in [6, 6.07) is 6.64. The van der Waals surface area contributed by atoms with Crippen molar-refractivity contribution in [2.24, 2.45) is 0 Å².